The first-order chi connectivity index (χ1) is 9.01. The largest absolute Gasteiger partial charge is 0.368 e. The number of amides is 2. The molecule has 2 amide bonds. The standard InChI is InChI=1S/C11H12F2N4O2/c1-2-14-10-6(12)3-7(13)11(16-10)17-4-8(18)15-9(19)5-17/h3H,2,4-5H2,1H3,(H,14,16)(H,15,18,19). The molecule has 102 valence electrons. The Labute approximate surface area is 107 Å². The van der Waals surface area contributed by atoms with Crippen molar-refractivity contribution in [2.45, 2.75) is 6.92 Å². The van der Waals surface area contributed by atoms with Crippen molar-refractivity contribution in [2.75, 3.05) is 29.9 Å². The van der Waals surface area contributed by atoms with E-state index in [0.717, 1.165) is 4.90 Å². The SMILES string of the molecule is CCNc1nc(N2CC(=O)NC(=O)C2)c(F)cc1F. The highest BCUT2D eigenvalue weighted by atomic mass is 19.1. The molecule has 0 atom stereocenters. The topological polar surface area (TPSA) is 74.3 Å². The summed E-state index contributed by atoms with van der Waals surface area (Å²) in [5, 5.41) is 4.73. The van der Waals surface area contributed by atoms with Gasteiger partial charge in [-0.05, 0) is 6.92 Å². The summed E-state index contributed by atoms with van der Waals surface area (Å²) in [6, 6.07) is 0.678. The molecule has 6 nitrogen and oxygen atoms in total. The minimum Gasteiger partial charge on any atom is -0.368 e. The van der Waals surface area contributed by atoms with E-state index in [0.29, 0.717) is 12.6 Å². The van der Waals surface area contributed by atoms with Gasteiger partial charge in [0.25, 0.3) is 0 Å². The Morgan fingerprint density at radius 3 is 2.53 bits per heavy atom. The van der Waals surface area contributed by atoms with E-state index in [1.807, 2.05) is 0 Å². The van der Waals surface area contributed by atoms with Crippen LogP contribution in [0.3, 0.4) is 0 Å². The van der Waals surface area contributed by atoms with Gasteiger partial charge in [-0.3, -0.25) is 14.9 Å². The van der Waals surface area contributed by atoms with E-state index in [1.165, 1.54) is 0 Å². The van der Waals surface area contributed by atoms with E-state index >= 15 is 0 Å². The number of hydrogen-bond acceptors (Lipinski definition) is 5. The van der Waals surface area contributed by atoms with Gasteiger partial charge in [0.15, 0.2) is 23.3 Å². The van der Waals surface area contributed by atoms with Gasteiger partial charge in [0.05, 0.1) is 13.1 Å². The molecule has 1 saturated heterocycles. The Morgan fingerprint density at radius 1 is 1.32 bits per heavy atom. The zero-order chi connectivity index (χ0) is 14.0. The van der Waals surface area contributed by atoms with Crippen LogP contribution in [0, 0.1) is 11.6 Å². The Bertz CT molecular complexity index is 520. The van der Waals surface area contributed by atoms with E-state index in [2.05, 4.69) is 15.6 Å². The summed E-state index contributed by atoms with van der Waals surface area (Å²) in [7, 11) is 0. The van der Waals surface area contributed by atoms with E-state index in [-0.39, 0.29) is 24.7 Å². The van der Waals surface area contributed by atoms with Gasteiger partial charge in [-0.25, -0.2) is 13.8 Å². The third-order valence-electron chi connectivity index (χ3n) is 2.50. The highest BCUT2D eigenvalue weighted by molar-refractivity contribution is 6.02. The first-order valence-electron chi connectivity index (χ1n) is 5.68. The van der Waals surface area contributed by atoms with Crippen LogP contribution in [0.2, 0.25) is 0 Å². The second-order valence-corrected chi connectivity index (χ2v) is 3.98. The summed E-state index contributed by atoms with van der Waals surface area (Å²) >= 11 is 0. The maximum Gasteiger partial charge on any atom is 0.246 e. The van der Waals surface area contributed by atoms with E-state index < -0.39 is 23.4 Å². The minimum atomic E-state index is -0.915. The number of halogens is 2. The van der Waals surface area contributed by atoms with Crippen molar-refractivity contribution in [3.8, 4) is 0 Å². The summed E-state index contributed by atoms with van der Waals surface area (Å²) in [5.41, 5.74) is 0. The molecule has 8 heteroatoms. The summed E-state index contributed by atoms with van der Waals surface area (Å²) in [5.74, 6) is -3.17. The Hall–Kier alpha value is -2.25. The number of rotatable bonds is 3. The van der Waals surface area contributed by atoms with Crippen LogP contribution in [-0.2, 0) is 9.59 Å². The first-order valence-corrected chi connectivity index (χ1v) is 5.68. The molecule has 2 rings (SSSR count). The van der Waals surface area contributed by atoms with Crippen molar-refractivity contribution in [1.82, 2.24) is 10.3 Å². The Morgan fingerprint density at radius 2 is 1.95 bits per heavy atom. The predicted molar refractivity (Wildman–Crippen MR) is 63.7 cm³/mol. The number of aromatic nitrogens is 1. The zero-order valence-corrected chi connectivity index (χ0v) is 10.2. The van der Waals surface area contributed by atoms with Crippen LogP contribution in [0.1, 0.15) is 6.92 Å². The van der Waals surface area contributed by atoms with E-state index in [4.69, 9.17) is 0 Å². The van der Waals surface area contributed by atoms with Crippen LogP contribution in [0.25, 0.3) is 0 Å². The summed E-state index contributed by atoms with van der Waals surface area (Å²) in [4.78, 5) is 27.4. The monoisotopic (exact) mass is 270 g/mol. The average Bonchev–Trinajstić information content (AvgIpc) is 2.31. The molecular weight excluding hydrogens is 258 g/mol. The molecule has 1 aliphatic heterocycles. The third kappa shape index (κ3) is 2.78. The number of pyridine rings is 1. The van der Waals surface area contributed by atoms with Gasteiger partial charge < -0.3 is 10.2 Å². The molecule has 2 heterocycles. The number of hydrogen-bond donors (Lipinski definition) is 2. The molecule has 0 spiro atoms. The van der Waals surface area contributed by atoms with Crippen molar-refractivity contribution in [3.05, 3.63) is 17.7 Å². The fourth-order valence-electron chi connectivity index (χ4n) is 1.76. The van der Waals surface area contributed by atoms with Crippen molar-refractivity contribution < 1.29 is 18.4 Å². The number of nitrogens with zero attached hydrogens (tertiary/aromatic N) is 2. The highest BCUT2D eigenvalue weighted by Crippen LogP contribution is 2.22. The van der Waals surface area contributed by atoms with Gasteiger partial charge in [0, 0.05) is 12.6 Å². The summed E-state index contributed by atoms with van der Waals surface area (Å²) < 4.78 is 27.1. The maximum atomic E-state index is 13.7. The quantitative estimate of drug-likeness (QED) is 0.770. The second-order valence-electron chi connectivity index (χ2n) is 3.98. The molecule has 1 aromatic heterocycles. The predicted octanol–water partition coefficient (Wildman–Crippen LogP) is 0.254. The van der Waals surface area contributed by atoms with Crippen LogP contribution in [0.15, 0.2) is 6.07 Å². The average molecular weight is 270 g/mol. The number of carbonyl (C=O) groups is 2. The lowest BCUT2D eigenvalue weighted by atomic mass is 10.3. The molecule has 2 N–H and O–H groups in total. The smallest absolute Gasteiger partial charge is 0.246 e. The molecule has 0 unspecified atom stereocenters. The van der Waals surface area contributed by atoms with E-state index in [1.54, 1.807) is 6.92 Å². The molecule has 0 aromatic carbocycles. The van der Waals surface area contributed by atoms with Gasteiger partial charge in [0.1, 0.15) is 0 Å². The number of imide groups is 1. The van der Waals surface area contributed by atoms with Crippen molar-refractivity contribution in [3.63, 3.8) is 0 Å². The number of carbonyl (C=O) groups excluding carboxylic acids is 2. The number of nitrogens with one attached hydrogen (secondary N) is 2. The molecule has 1 fully saturated rings. The van der Waals surface area contributed by atoms with Crippen LogP contribution in [-0.4, -0.2) is 36.4 Å². The lowest BCUT2D eigenvalue weighted by Gasteiger charge is -2.27. The number of piperazine rings is 1. The maximum absolute atomic E-state index is 13.7. The fraction of sp³-hybridized carbons (Fsp3) is 0.364. The van der Waals surface area contributed by atoms with Crippen molar-refractivity contribution in [2.24, 2.45) is 0 Å². The van der Waals surface area contributed by atoms with Crippen molar-refractivity contribution >= 4 is 23.5 Å². The van der Waals surface area contributed by atoms with Gasteiger partial charge in [-0.2, -0.15) is 0 Å². The molecule has 1 aliphatic rings. The molecule has 0 radical (unpaired) electrons. The van der Waals surface area contributed by atoms with Gasteiger partial charge in [-0.15, -0.1) is 0 Å². The van der Waals surface area contributed by atoms with Crippen molar-refractivity contribution in [1.29, 1.82) is 0 Å². The van der Waals surface area contributed by atoms with E-state index in [9.17, 15) is 18.4 Å². The van der Waals surface area contributed by atoms with Crippen LogP contribution in [0.5, 0.6) is 0 Å². The minimum absolute atomic E-state index is 0.114. The highest BCUT2D eigenvalue weighted by Gasteiger charge is 2.26. The fourth-order valence-corrected chi connectivity index (χ4v) is 1.76. The van der Waals surface area contributed by atoms with Gasteiger partial charge in [0.2, 0.25) is 11.8 Å². The van der Waals surface area contributed by atoms with Gasteiger partial charge >= 0.3 is 0 Å². The second kappa shape index (κ2) is 5.17. The first kappa shape index (κ1) is 13.2. The van der Waals surface area contributed by atoms with Gasteiger partial charge in [-0.1, -0.05) is 0 Å². The third-order valence-corrected chi connectivity index (χ3v) is 2.50. The molecular formula is C11H12F2N4O2. The summed E-state index contributed by atoms with van der Waals surface area (Å²) in [6.07, 6.45) is 0. The van der Waals surface area contributed by atoms with Crippen LogP contribution >= 0.6 is 0 Å². The summed E-state index contributed by atoms with van der Waals surface area (Å²) in [6.45, 7) is 1.75. The molecule has 0 saturated carbocycles. The Kier molecular flexibility index (Phi) is 3.59. The molecule has 0 bridgehead atoms. The lowest BCUT2D eigenvalue weighted by molar-refractivity contribution is -0.130. The zero-order valence-electron chi connectivity index (χ0n) is 10.2. The molecule has 19 heavy (non-hydrogen) atoms. The normalized spacial score (nSPS) is 15.4. The Balaban J connectivity index is 2.35. The molecule has 1 aromatic rings. The number of anilines is 2. The lowest BCUT2D eigenvalue weighted by Crippen LogP contribution is -2.52. The molecule has 0 aliphatic carbocycles. The van der Waals surface area contributed by atoms with Crippen LogP contribution < -0.4 is 15.5 Å². The van der Waals surface area contributed by atoms with Crippen LogP contribution in [0.4, 0.5) is 20.4 Å².